The van der Waals surface area contributed by atoms with E-state index in [2.05, 4.69) is 32.6 Å². The van der Waals surface area contributed by atoms with Gasteiger partial charge in [-0.1, -0.05) is 11.1 Å². The molecule has 9 heteroatoms. The lowest BCUT2D eigenvalue weighted by Crippen LogP contribution is -2.23. The molecular weight excluding hydrogens is 276 g/mol. The van der Waals surface area contributed by atoms with Crippen LogP contribution in [0.15, 0.2) is 28.2 Å². The standard InChI is InChI=1S/C12H12N6O3/c1-2-3-8-6-21-11(15-12(19)17-18-13)9(8)7-20-10-4-5-14-16-10/h4-6H,7H2,1H3,(H,14,16)(H3,13,15,17,19). The van der Waals surface area contributed by atoms with Crippen LogP contribution in [0.4, 0.5) is 10.7 Å². The minimum Gasteiger partial charge on any atom is -0.471 e. The number of nitrogens with zero attached hydrogens (tertiary/aromatic N) is 2. The zero-order chi connectivity index (χ0) is 15.1. The monoisotopic (exact) mass is 288 g/mol. The fourth-order valence-corrected chi connectivity index (χ4v) is 1.53. The number of anilines is 1. The second kappa shape index (κ2) is 6.76. The van der Waals surface area contributed by atoms with Crippen LogP contribution >= 0.6 is 0 Å². The second-order valence-corrected chi connectivity index (χ2v) is 3.71. The predicted molar refractivity (Wildman–Crippen MR) is 71.5 cm³/mol. The molecule has 2 rings (SSSR count). The van der Waals surface area contributed by atoms with Crippen molar-refractivity contribution in [3.05, 3.63) is 29.7 Å². The number of hydrogen-bond acceptors (Lipinski definition) is 6. The van der Waals surface area contributed by atoms with E-state index in [4.69, 9.17) is 14.7 Å². The Morgan fingerprint density at radius 2 is 2.52 bits per heavy atom. The number of carbonyl (C=O) groups is 1. The third-order valence-electron chi connectivity index (χ3n) is 2.38. The molecular formula is C12H12N6O3. The van der Waals surface area contributed by atoms with Gasteiger partial charge < -0.3 is 9.15 Å². The number of nitrogens with one attached hydrogen (secondary N) is 4. The van der Waals surface area contributed by atoms with Crippen molar-refractivity contribution in [2.75, 3.05) is 5.32 Å². The van der Waals surface area contributed by atoms with Crippen molar-refractivity contribution in [2.24, 2.45) is 5.22 Å². The van der Waals surface area contributed by atoms with Gasteiger partial charge in [0.2, 0.25) is 11.8 Å². The number of hydrogen-bond donors (Lipinski definition) is 4. The Balaban J connectivity index is 2.17. The molecule has 9 nitrogen and oxygen atoms in total. The molecule has 2 heterocycles. The number of H-pyrrole nitrogens is 1. The first kappa shape index (κ1) is 14.1. The molecule has 0 unspecified atom stereocenters. The second-order valence-electron chi connectivity index (χ2n) is 3.71. The van der Waals surface area contributed by atoms with Gasteiger partial charge in [-0.15, -0.1) is 11.0 Å². The highest BCUT2D eigenvalue weighted by Crippen LogP contribution is 2.23. The number of rotatable bonds is 5. The van der Waals surface area contributed by atoms with E-state index < -0.39 is 6.03 Å². The number of carbonyl (C=O) groups excluding carboxylic acids is 1. The summed E-state index contributed by atoms with van der Waals surface area (Å²) >= 11 is 0. The fraction of sp³-hybridized carbons (Fsp3) is 0.167. The zero-order valence-corrected chi connectivity index (χ0v) is 11.1. The van der Waals surface area contributed by atoms with Crippen LogP contribution in [-0.4, -0.2) is 16.2 Å². The number of amides is 2. The first-order chi connectivity index (χ1) is 10.2. The average molecular weight is 288 g/mol. The molecule has 2 amide bonds. The molecule has 0 saturated carbocycles. The van der Waals surface area contributed by atoms with Gasteiger partial charge in [-0.05, 0) is 6.92 Å². The van der Waals surface area contributed by atoms with E-state index in [0.29, 0.717) is 17.0 Å². The number of urea groups is 1. The Kier molecular flexibility index (Phi) is 4.55. The van der Waals surface area contributed by atoms with Gasteiger partial charge in [-0.25, -0.2) is 10.2 Å². The molecule has 0 atom stereocenters. The SMILES string of the molecule is CC#Cc1coc(NC(=O)NN=N)c1COc1cc[nH]n1. The van der Waals surface area contributed by atoms with Crippen LogP contribution in [0.2, 0.25) is 0 Å². The molecule has 2 aromatic heterocycles. The van der Waals surface area contributed by atoms with Crippen molar-refractivity contribution in [2.45, 2.75) is 13.5 Å². The van der Waals surface area contributed by atoms with Crippen molar-refractivity contribution in [3.8, 4) is 17.7 Å². The summed E-state index contributed by atoms with van der Waals surface area (Å²) in [6.07, 6.45) is 3.03. The largest absolute Gasteiger partial charge is 0.471 e. The van der Waals surface area contributed by atoms with Gasteiger partial charge in [-0.2, -0.15) is 5.53 Å². The van der Waals surface area contributed by atoms with Crippen LogP contribution in [-0.2, 0) is 6.61 Å². The Labute approximate surface area is 119 Å². The third kappa shape index (κ3) is 3.60. The summed E-state index contributed by atoms with van der Waals surface area (Å²) < 4.78 is 10.7. The minimum atomic E-state index is -0.698. The Bertz CT molecular complexity index is 680. The van der Waals surface area contributed by atoms with Crippen LogP contribution in [0.3, 0.4) is 0 Å². The molecule has 0 aliphatic heterocycles. The van der Waals surface area contributed by atoms with E-state index in [-0.39, 0.29) is 12.5 Å². The van der Waals surface area contributed by atoms with E-state index in [1.54, 1.807) is 19.2 Å². The summed E-state index contributed by atoms with van der Waals surface area (Å²) in [5.74, 6) is 6.17. The molecule has 0 spiro atoms. The third-order valence-corrected chi connectivity index (χ3v) is 2.38. The predicted octanol–water partition coefficient (Wildman–Crippen LogP) is 2.02. The molecule has 0 bridgehead atoms. The lowest BCUT2D eigenvalue weighted by Gasteiger charge is -2.05. The zero-order valence-electron chi connectivity index (χ0n) is 11.1. The van der Waals surface area contributed by atoms with E-state index in [9.17, 15) is 4.79 Å². The Hall–Kier alpha value is -3.28. The van der Waals surface area contributed by atoms with Crippen LogP contribution in [0.5, 0.6) is 5.88 Å². The summed E-state index contributed by atoms with van der Waals surface area (Å²) in [5, 5.41) is 11.7. The molecule has 108 valence electrons. The van der Waals surface area contributed by atoms with E-state index in [1.807, 2.05) is 5.43 Å². The summed E-state index contributed by atoms with van der Waals surface area (Å²) in [5.41, 5.74) is 9.63. The lowest BCUT2D eigenvalue weighted by atomic mass is 10.2. The number of furan rings is 1. The van der Waals surface area contributed by atoms with Gasteiger partial charge in [-0.3, -0.25) is 10.4 Å². The Morgan fingerprint density at radius 3 is 3.19 bits per heavy atom. The number of ether oxygens (including phenoxy) is 1. The van der Waals surface area contributed by atoms with Crippen molar-refractivity contribution in [1.29, 1.82) is 5.53 Å². The topological polar surface area (TPSA) is 128 Å². The van der Waals surface area contributed by atoms with Crippen molar-refractivity contribution < 1.29 is 13.9 Å². The van der Waals surface area contributed by atoms with Crippen LogP contribution in [0.1, 0.15) is 18.1 Å². The molecule has 21 heavy (non-hydrogen) atoms. The first-order valence-electron chi connectivity index (χ1n) is 5.83. The fourth-order valence-electron chi connectivity index (χ4n) is 1.53. The highest BCUT2D eigenvalue weighted by Gasteiger charge is 2.16. The molecule has 0 aromatic carbocycles. The van der Waals surface area contributed by atoms with E-state index >= 15 is 0 Å². The number of aromatic amines is 1. The molecule has 0 radical (unpaired) electrons. The van der Waals surface area contributed by atoms with Crippen molar-refractivity contribution >= 4 is 11.9 Å². The molecule has 2 aromatic rings. The normalized spacial score (nSPS) is 9.38. The highest BCUT2D eigenvalue weighted by molar-refractivity contribution is 5.88. The number of aromatic nitrogens is 2. The maximum absolute atomic E-state index is 11.4. The maximum atomic E-state index is 11.4. The average Bonchev–Trinajstić information content (AvgIpc) is 3.08. The minimum absolute atomic E-state index is 0.110. The summed E-state index contributed by atoms with van der Waals surface area (Å²) in [6.45, 7) is 1.79. The smallest absolute Gasteiger partial charge is 0.343 e. The van der Waals surface area contributed by atoms with Gasteiger partial charge >= 0.3 is 6.03 Å². The molecule has 0 aliphatic carbocycles. The van der Waals surface area contributed by atoms with E-state index in [1.165, 1.54) is 6.26 Å². The lowest BCUT2D eigenvalue weighted by molar-refractivity contribution is 0.251. The maximum Gasteiger partial charge on any atom is 0.343 e. The molecule has 0 fully saturated rings. The Morgan fingerprint density at radius 1 is 1.67 bits per heavy atom. The first-order valence-corrected chi connectivity index (χ1v) is 5.83. The molecule has 0 saturated heterocycles. The van der Waals surface area contributed by atoms with Gasteiger partial charge in [0.25, 0.3) is 0 Å². The summed E-state index contributed by atoms with van der Waals surface area (Å²) in [4.78, 5) is 11.4. The van der Waals surface area contributed by atoms with Crippen molar-refractivity contribution in [3.63, 3.8) is 0 Å². The summed E-state index contributed by atoms with van der Waals surface area (Å²) in [6, 6.07) is 0.959. The van der Waals surface area contributed by atoms with Gasteiger partial charge in [0.1, 0.15) is 12.9 Å². The highest BCUT2D eigenvalue weighted by atomic mass is 16.5. The van der Waals surface area contributed by atoms with Gasteiger partial charge in [0.05, 0.1) is 11.1 Å². The van der Waals surface area contributed by atoms with Crippen LogP contribution in [0.25, 0.3) is 0 Å². The van der Waals surface area contributed by atoms with Gasteiger partial charge in [0.15, 0.2) is 0 Å². The van der Waals surface area contributed by atoms with Crippen LogP contribution < -0.4 is 15.5 Å². The van der Waals surface area contributed by atoms with Gasteiger partial charge in [0, 0.05) is 12.3 Å². The van der Waals surface area contributed by atoms with E-state index in [0.717, 1.165) is 0 Å². The van der Waals surface area contributed by atoms with Crippen molar-refractivity contribution in [1.82, 2.24) is 15.6 Å². The van der Waals surface area contributed by atoms with Crippen LogP contribution in [0, 0.1) is 17.4 Å². The quantitative estimate of drug-likeness (QED) is 0.381. The summed E-state index contributed by atoms with van der Waals surface area (Å²) in [7, 11) is 0. The molecule has 0 aliphatic rings. The molecule has 4 N–H and O–H groups in total.